The summed E-state index contributed by atoms with van der Waals surface area (Å²) in [6.07, 6.45) is 2.25. The number of hydrogen-bond donors (Lipinski definition) is 1. The summed E-state index contributed by atoms with van der Waals surface area (Å²) >= 11 is 6.46. The van der Waals surface area contributed by atoms with Crippen molar-refractivity contribution in [2.24, 2.45) is 0 Å². The van der Waals surface area contributed by atoms with E-state index in [9.17, 15) is 13.2 Å². The number of benzene rings is 2. The molecule has 162 valence electrons. The molecular weight excluding hydrogens is 422 g/mol. The van der Waals surface area contributed by atoms with E-state index in [0.29, 0.717) is 48.2 Å². The van der Waals surface area contributed by atoms with E-state index >= 15 is 0 Å². The van der Waals surface area contributed by atoms with E-state index in [1.165, 1.54) is 4.31 Å². The van der Waals surface area contributed by atoms with Gasteiger partial charge in [-0.25, -0.2) is 8.42 Å². The van der Waals surface area contributed by atoms with Crippen LogP contribution >= 0.6 is 11.6 Å². The zero-order valence-corrected chi connectivity index (χ0v) is 19.0. The van der Waals surface area contributed by atoms with E-state index in [1.807, 2.05) is 24.8 Å². The van der Waals surface area contributed by atoms with Crippen LogP contribution in [-0.4, -0.2) is 44.8 Å². The number of para-hydroxylation sites is 1. The molecule has 1 saturated heterocycles. The maximum absolute atomic E-state index is 12.9. The number of amides is 1. The number of rotatable bonds is 7. The van der Waals surface area contributed by atoms with Crippen molar-refractivity contribution in [3.63, 3.8) is 0 Å². The monoisotopic (exact) mass is 449 g/mol. The first-order valence-corrected chi connectivity index (χ1v) is 12.0. The first kappa shape index (κ1) is 22.6. The number of piperazine rings is 1. The van der Waals surface area contributed by atoms with Crippen molar-refractivity contribution in [2.75, 3.05) is 36.4 Å². The maximum atomic E-state index is 12.9. The number of unbranched alkanes of at least 4 members (excludes halogenated alkanes) is 1. The molecule has 2 aromatic carbocycles. The number of carbonyl (C=O) groups excluding carboxylic acids is 1. The highest BCUT2D eigenvalue weighted by atomic mass is 35.5. The minimum absolute atomic E-state index is 0.0408. The van der Waals surface area contributed by atoms with Gasteiger partial charge in [-0.1, -0.05) is 48.7 Å². The second kappa shape index (κ2) is 9.81. The van der Waals surface area contributed by atoms with Gasteiger partial charge < -0.3 is 10.2 Å². The molecule has 6 nitrogen and oxygen atoms in total. The molecule has 0 bridgehead atoms. The molecule has 1 aliphatic heterocycles. The molecule has 0 spiro atoms. The summed E-state index contributed by atoms with van der Waals surface area (Å²) in [7, 11) is -3.53. The molecule has 1 aliphatic rings. The third-order valence-corrected chi connectivity index (χ3v) is 7.45. The number of nitrogens with one attached hydrogen (secondary N) is 1. The predicted octanol–water partition coefficient (Wildman–Crippen LogP) is 4.29. The van der Waals surface area contributed by atoms with Crippen LogP contribution in [-0.2, 0) is 14.8 Å². The number of carbonyl (C=O) groups is 1. The molecule has 1 N–H and O–H groups in total. The lowest BCUT2D eigenvalue weighted by Crippen LogP contribution is -2.49. The van der Waals surface area contributed by atoms with Crippen molar-refractivity contribution >= 4 is 38.9 Å². The third-order valence-electron chi connectivity index (χ3n) is 5.23. The van der Waals surface area contributed by atoms with Crippen molar-refractivity contribution in [3.8, 4) is 0 Å². The van der Waals surface area contributed by atoms with Crippen LogP contribution in [0.1, 0.15) is 31.7 Å². The minimum atomic E-state index is -3.53. The number of anilines is 2. The number of sulfonamides is 1. The minimum Gasteiger partial charge on any atom is -0.366 e. The van der Waals surface area contributed by atoms with Crippen LogP contribution in [0.15, 0.2) is 47.4 Å². The Hall–Kier alpha value is -2.09. The van der Waals surface area contributed by atoms with Gasteiger partial charge in [0.2, 0.25) is 15.9 Å². The van der Waals surface area contributed by atoms with Crippen LogP contribution in [0.4, 0.5) is 11.4 Å². The molecule has 8 heteroatoms. The average molecular weight is 450 g/mol. The van der Waals surface area contributed by atoms with Crippen LogP contribution < -0.4 is 10.2 Å². The highest BCUT2D eigenvalue weighted by Crippen LogP contribution is 2.35. The van der Waals surface area contributed by atoms with Crippen molar-refractivity contribution in [2.45, 2.75) is 38.0 Å². The van der Waals surface area contributed by atoms with Crippen LogP contribution in [0.5, 0.6) is 0 Å². The van der Waals surface area contributed by atoms with Gasteiger partial charge in [0.1, 0.15) is 0 Å². The zero-order valence-electron chi connectivity index (χ0n) is 17.4. The molecule has 1 amide bonds. The lowest BCUT2D eigenvalue weighted by atomic mass is 10.2. The van der Waals surface area contributed by atoms with Gasteiger partial charge in [-0.15, -0.1) is 0 Å². The Labute approximate surface area is 183 Å². The Kier molecular flexibility index (Phi) is 7.39. The summed E-state index contributed by atoms with van der Waals surface area (Å²) in [5, 5.41) is 3.50. The molecule has 2 aromatic rings. The molecule has 1 heterocycles. The number of aryl methyl sites for hydroxylation is 1. The zero-order chi connectivity index (χ0) is 21.7. The summed E-state index contributed by atoms with van der Waals surface area (Å²) in [6.45, 7) is 5.66. The molecule has 0 saturated carbocycles. The highest BCUT2D eigenvalue weighted by Gasteiger charge is 2.30. The van der Waals surface area contributed by atoms with Gasteiger partial charge >= 0.3 is 0 Å². The number of nitrogens with zero attached hydrogens (tertiary/aromatic N) is 2. The number of halogens is 1. The Morgan fingerprint density at radius 1 is 1.07 bits per heavy atom. The van der Waals surface area contributed by atoms with Gasteiger partial charge in [-0.05, 0) is 37.6 Å². The fourth-order valence-electron chi connectivity index (χ4n) is 3.50. The van der Waals surface area contributed by atoms with Gasteiger partial charge in [0.25, 0.3) is 0 Å². The van der Waals surface area contributed by atoms with Crippen molar-refractivity contribution in [1.82, 2.24) is 4.31 Å². The fourth-order valence-corrected chi connectivity index (χ4v) is 5.22. The first-order valence-electron chi connectivity index (χ1n) is 10.2. The second-order valence-electron chi connectivity index (χ2n) is 7.49. The van der Waals surface area contributed by atoms with E-state index in [4.69, 9.17) is 11.6 Å². The summed E-state index contributed by atoms with van der Waals surface area (Å²) < 4.78 is 27.4. The Balaban J connectivity index is 1.73. The summed E-state index contributed by atoms with van der Waals surface area (Å²) in [5.74, 6) is -0.0408. The van der Waals surface area contributed by atoms with Crippen LogP contribution in [0, 0.1) is 6.92 Å². The average Bonchev–Trinajstić information content (AvgIpc) is 2.73. The molecule has 1 fully saturated rings. The summed E-state index contributed by atoms with van der Waals surface area (Å²) in [6, 6.07) is 12.3. The van der Waals surface area contributed by atoms with Crippen molar-refractivity contribution in [1.29, 1.82) is 0 Å². The van der Waals surface area contributed by atoms with E-state index in [1.54, 1.807) is 36.4 Å². The Bertz CT molecular complexity index is 985. The van der Waals surface area contributed by atoms with Gasteiger partial charge in [0.15, 0.2) is 0 Å². The lowest BCUT2D eigenvalue weighted by molar-refractivity contribution is -0.116. The topological polar surface area (TPSA) is 69.7 Å². The molecule has 30 heavy (non-hydrogen) atoms. The van der Waals surface area contributed by atoms with Crippen LogP contribution in [0.2, 0.25) is 5.02 Å². The molecule has 0 aromatic heterocycles. The van der Waals surface area contributed by atoms with Crippen molar-refractivity contribution in [3.05, 3.63) is 53.1 Å². The standard InChI is InChI=1S/C22H28ClN3O3S/c1-3-4-8-21(27)24-20-7-5-6-19(23)22(20)25-13-15-26(16-14-25)30(28,29)18-11-9-17(2)10-12-18/h5-7,9-12H,3-4,8,13-16H2,1-2H3,(H,24,27). The molecule has 0 aliphatic carbocycles. The predicted molar refractivity (Wildman–Crippen MR) is 122 cm³/mol. The quantitative estimate of drug-likeness (QED) is 0.684. The third kappa shape index (κ3) is 5.14. The summed E-state index contributed by atoms with van der Waals surface area (Å²) in [5.41, 5.74) is 2.43. The highest BCUT2D eigenvalue weighted by molar-refractivity contribution is 7.89. The van der Waals surface area contributed by atoms with E-state index in [-0.39, 0.29) is 5.91 Å². The van der Waals surface area contributed by atoms with E-state index in [2.05, 4.69) is 5.32 Å². The molecule has 0 atom stereocenters. The SMILES string of the molecule is CCCCC(=O)Nc1cccc(Cl)c1N1CCN(S(=O)(=O)c2ccc(C)cc2)CC1. The van der Waals surface area contributed by atoms with E-state index in [0.717, 1.165) is 24.1 Å². The second-order valence-corrected chi connectivity index (χ2v) is 9.84. The number of hydrogen-bond acceptors (Lipinski definition) is 4. The Morgan fingerprint density at radius 2 is 1.73 bits per heavy atom. The fraction of sp³-hybridized carbons (Fsp3) is 0.409. The summed E-state index contributed by atoms with van der Waals surface area (Å²) in [4.78, 5) is 14.6. The Morgan fingerprint density at radius 3 is 2.37 bits per heavy atom. The molecular formula is C22H28ClN3O3S. The molecule has 0 unspecified atom stereocenters. The lowest BCUT2D eigenvalue weighted by Gasteiger charge is -2.36. The van der Waals surface area contributed by atoms with Crippen molar-refractivity contribution < 1.29 is 13.2 Å². The molecule has 3 rings (SSSR count). The van der Waals surface area contributed by atoms with E-state index < -0.39 is 10.0 Å². The maximum Gasteiger partial charge on any atom is 0.243 e. The van der Waals surface area contributed by atoms with Crippen LogP contribution in [0.3, 0.4) is 0 Å². The van der Waals surface area contributed by atoms with Gasteiger partial charge in [-0.3, -0.25) is 4.79 Å². The normalized spacial score (nSPS) is 15.2. The van der Waals surface area contributed by atoms with Gasteiger partial charge in [-0.2, -0.15) is 4.31 Å². The van der Waals surface area contributed by atoms with Gasteiger partial charge in [0, 0.05) is 32.6 Å². The van der Waals surface area contributed by atoms with Gasteiger partial charge in [0.05, 0.1) is 21.3 Å². The van der Waals surface area contributed by atoms with Crippen LogP contribution in [0.25, 0.3) is 0 Å². The smallest absolute Gasteiger partial charge is 0.243 e. The largest absolute Gasteiger partial charge is 0.366 e. The first-order chi connectivity index (χ1) is 14.3. The molecule has 0 radical (unpaired) electrons.